The summed E-state index contributed by atoms with van der Waals surface area (Å²) in [6.45, 7) is 0. The number of rotatable bonds is 6. The molecule has 3 nitrogen and oxygen atoms in total. The molecule has 2 heterocycles. The van der Waals surface area contributed by atoms with Crippen LogP contribution in [0.15, 0.2) is 176 Å². The fraction of sp³-hybridized carbons (Fsp3) is 0. The number of hydrogen-bond donors (Lipinski definition) is 0. The van der Waals surface area contributed by atoms with Gasteiger partial charge >= 0.3 is 0 Å². The first-order valence-electron chi connectivity index (χ1n) is 20.1. The molecule has 0 aliphatic heterocycles. The van der Waals surface area contributed by atoms with E-state index in [-0.39, 0.29) is 28.8 Å². The summed E-state index contributed by atoms with van der Waals surface area (Å²) >= 11 is 1.51. The third-order valence-electron chi connectivity index (χ3n) is 8.32. The first-order valence-corrected chi connectivity index (χ1v) is 16.4. The lowest BCUT2D eigenvalue weighted by molar-refractivity contribution is 1.07. The molecule has 0 saturated carbocycles. The molecule has 0 fully saturated rings. The Morgan fingerprint density at radius 2 is 0.918 bits per heavy atom. The van der Waals surface area contributed by atoms with Crippen molar-refractivity contribution in [3.8, 4) is 67.5 Å². The van der Waals surface area contributed by atoms with Gasteiger partial charge in [0.25, 0.3) is 0 Å². The molecule has 0 amide bonds. The highest BCUT2D eigenvalue weighted by Crippen LogP contribution is 2.41. The molecular formula is C45H29N3S. The fourth-order valence-corrected chi connectivity index (χ4v) is 7.08. The Labute approximate surface area is 301 Å². The summed E-state index contributed by atoms with van der Waals surface area (Å²) in [5.74, 6) is 1.54. The van der Waals surface area contributed by atoms with Crippen molar-refractivity contribution in [3.63, 3.8) is 0 Å². The second kappa shape index (κ2) is 12.4. The molecule has 7 aromatic carbocycles. The molecule has 49 heavy (non-hydrogen) atoms. The van der Waals surface area contributed by atoms with Crippen molar-refractivity contribution in [1.29, 1.82) is 0 Å². The van der Waals surface area contributed by atoms with Crippen LogP contribution < -0.4 is 0 Å². The molecule has 0 radical (unpaired) electrons. The molecule has 9 aromatic rings. The average molecular weight is 653 g/mol. The van der Waals surface area contributed by atoms with Gasteiger partial charge in [-0.05, 0) is 45.5 Å². The molecule has 2 aromatic heterocycles. The lowest BCUT2D eigenvalue weighted by Crippen LogP contribution is -2.00. The number of hydrogen-bond acceptors (Lipinski definition) is 4. The predicted octanol–water partition coefficient (Wildman–Crippen LogP) is 12.2. The molecule has 0 aliphatic carbocycles. The predicted molar refractivity (Wildman–Crippen MR) is 205 cm³/mol. The lowest BCUT2D eigenvalue weighted by Gasteiger charge is -2.09. The fourth-order valence-electron chi connectivity index (χ4n) is 5.91. The van der Waals surface area contributed by atoms with Crippen LogP contribution in [0, 0.1) is 0 Å². The van der Waals surface area contributed by atoms with Gasteiger partial charge in [0.05, 0.1) is 12.3 Å². The van der Waals surface area contributed by atoms with E-state index in [2.05, 4.69) is 24.3 Å². The minimum atomic E-state index is -0.618. The van der Waals surface area contributed by atoms with Crippen LogP contribution in [0.25, 0.3) is 87.7 Å². The molecule has 0 unspecified atom stereocenters. The summed E-state index contributed by atoms with van der Waals surface area (Å²) in [6, 6.07) is 34.6. The minimum Gasteiger partial charge on any atom is -0.208 e. The van der Waals surface area contributed by atoms with Gasteiger partial charge < -0.3 is 0 Å². The maximum atomic E-state index is 9.11. The Hall–Kier alpha value is -6.23. The van der Waals surface area contributed by atoms with Crippen molar-refractivity contribution >= 4 is 31.5 Å². The highest BCUT2D eigenvalue weighted by molar-refractivity contribution is 7.26. The average Bonchev–Trinajstić information content (AvgIpc) is 3.65. The molecule has 9 rings (SSSR count). The SMILES string of the molecule is [2H]c1c([2H])c([2H])c(-c2c([2H])c([2H])c(-c3cccc4sc5cc(-c6nc(-c7ccccc7)nc(-c7ccc(-c8ccccc8)cc7)n6)ccc5c34)c([2H])c2[2H])c([2H])c1[2H]. The summed E-state index contributed by atoms with van der Waals surface area (Å²) in [7, 11) is 0. The van der Waals surface area contributed by atoms with E-state index in [1.165, 1.54) is 11.3 Å². The summed E-state index contributed by atoms with van der Waals surface area (Å²) in [6.07, 6.45) is 0. The van der Waals surface area contributed by atoms with Gasteiger partial charge in [-0.3, -0.25) is 0 Å². The zero-order valence-corrected chi connectivity index (χ0v) is 26.6. The zero-order chi connectivity index (χ0) is 40.4. The second-order valence-corrected chi connectivity index (χ2v) is 12.4. The normalized spacial score (nSPS) is 13.8. The van der Waals surface area contributed by atoms with E-state index in [0.717, 1.165) is 48.0 Å². The molecule has 0 bridgehead atoms. The van der Waals surface area contributed by atoms with Crippen molar-refractivity contribution in [2.75, 3.05) is 0 Å². The molecule has 230 valence electrons. The Morgan fingerprint density at radius 3 is 1.61 bits per heavy atom. The molecule has 0 aliphatic rings. The molecular weight excluding hydrogens is 615 g/mol. The van der Waals surface area contributed by atoms with Crippen LogP contribution in [0.3, 0.4) is 0 Å². The smallest absolute Gasteiger partial charge is 0.164 e. The largest absolute Gasteiger partial charge is 0.208 e. The summed E-state index contributed by atoms with van der Waals surface area (Å²) < 4.78 is 79.1. The minimum absolute atomic E-state index is 0.0494. The van der Waals surface area contributed by atoms with Crippen LogP contribution in [0.5, 0.6) is 0 Å². The van der Waals surface area contributed by atoms with Gasteiger partial charge in [0, 0.05) is 36.9 Å². The number of thiophene rings is 1. The van der Waals surface area contributed by atoms with Gasteiger partial charge in [0.1, 0.15) is 0 Å². The Bertz CT molecular complexity index is 3040. The van der Waals surface area contributed by atoms with Gasteiger partial charge in [0.2, 0.25) is 0 Å². The maximum absolute atomic E-state index is 9.11. The lowest BCUT2D eigenvalue weighted by atomic mass is 9.97. The number of fused-ring (bicyclic) bond motifs is 3. The first kappa shape index (κ1) is 20.9. The van der Waals surface area contributed by atoms with Crippen molar-refractivity contribution in [2.45, 2.75) is 0 Å². The Morgan fingerprint density at radius 1 is 0.388 bits per heavy atom. The number of benzene rings is 7. The summed E-state index contributed by atoms with van der Waals surface area (Å²) in [4.78, 5) is 14.8. The third-order valence-corrected chi connectivity index (χ3v) is 9.44. The number of nitrogens with zero attached hydrogens (tertiary/aromatic N) is 3. The van der Waals surface area contributed by atoms with Crippen molar-refractivity contribution in [2.24, 2.45) is 0 Å². The van der Waals surface area contributed by atoms with Crippen molar-refractivity contribution < 1.29 is 12.3 Å². The van der Waals surface area contributed by atoms with E-state index < -0.39 is 42.3 Å². The van der Waals surface area contributed by atoms with Crippen LogP contribution in [-0.2, 0) is 0 Å². The van der Waals surface area contributed by atoms with E-state index in [0.29, 0.717) is 23.0 Å². The van der Waals surface area contributed by atoms with Crippen LogP contribution in [0.1, 0.15) is 12.3 Å². The van der Waals surface area contributed by atoms with Gasteiger partial charge in [-0.1, -0.05) is 164 Å². The summed E-state index contributed by atoms with van der Waals surface area (Å²) in [5, 5.41) is 1.57. The van der Waals surface area contributed by atoms with Gasteiger partial charge in [0.15, 0.2) is 17.5 Å². The Kier molecular flexibility index (Phi) is 5.29. The second-order valence-electron chi connectivity index (χ2n) is 11.4. The first-order chi connectivity index (χ1) is 28.0. The molecule has 0 N–H and O–H groups in total. The van der Waals surface area contributed by atoms with E-state index in [9.17, 15) is 0 Å². The quantitative estimate of drug-likeness (QED) is 0.179. The van der Waals surface area contributed by atoms with Crippen LogP contribution >= 0.6 is 11.3 Å². The van der Waals surface area contributed by atoms with Gasteiger partial charge in [-0.25, -0.2) is 15.0 Å². The molecule has 0 spiro atoms. The number of aromatic nitrogens is 3. The van der Waals surface area contributed by atoms with Gasteiger partial charge in [-0.15, -0.1) is 11.3 Å². The van der Waals surface area contributed by atoms with E-state index in [1.54, 1.807) is 12.1 Å². The molecule has 0 saturated heterocycles. The maximum Gasteiger partial charge on any atom is 0.164 e. The standard InChI is InChI=1S/C45H29N3S/c1-4-11-30(12-5-1)32-19-23-34(24-20-32)38-17-10-18-40-42(38)39-28-27-37(29-41(39)49-40)45-47-43(35-15-8-3-9-16-35)46-44(48-45)36-25-21-33(22-26-36)31-13-6-2-7-14-31/h1-29H/i1D,4D,5D,11D,12D,19D,20D,23D,24D. The van der Waals surface area contributed by atoms with Crippen LogP contribution in [0.2, 0.25) is 0 Å². The van der Waals surface area contributed by atoms with Crippen molar-refractivity contribution in [1.82, 2.24) is 15.0 Å². The monoisotopic (exact) mass is 652 g/mol. The highest BCUT2D eigenvalue weighted by atomic mass is 32.1. The molecule has 4 heteroatoms. The van der Waals surface area contributed by atoms with E-state index in [1.807, 2.05) is 84.9 Å². The zero-order valence-electron chi connectivity index (χ0n) is 34.8. The highest BCUT2D eigenvalue weighted by Gasteiger charge is 2.16. The van der Waals surface area contributed by atoms with Crippen molar-refractivity contribution in [3.05, 3.63) is 176 Å². The van der Waals surface area contributed by atoms with E-state index >= 15 is 0 Å². The van der Waals surface area contributed by atoms with E-state index in [4.69, 9.17) is 27.3 Å². The topological polar surface area (TPSA) is 38.7 Å². The summed E-state index contributed by atoms with van der Waals surface area (Å²) in [5.41, 5.74) is 4.44. The van der Waals surface area contributed by atoms with Crippen LogP contribution in [-0.4, -0.2) is 15.0 Å². The Balaban J connectivity index is 1.17. The third kappa shape index (κ3) is 5.58. The van der Waals surface area contributed by atoms with Crippen LogP contribution in [0.4, 0.5) is 0 Å². The van der Waals surface area contributed by atoms with Gasteiger partial charge in [-0.2, -0.15) is 0 Å². The molecule has 0 atom stereocenters.